The molecule has 0 amide bonds. The molecular weight excluding hydrogens is 250 g/mol. The topological polar surface area (TPSA) is 57.8 Å². The van der Waals surface area contributed by atoms with Crippen LogP contribution in [-0.2, 0) is 0 Å². The number of aromatic amines is 1. The Kier molecular flexibility index (Phi) is 3.67. The molecule has 0 aliphatic heterocycles. The summed E-state index contributed by atoms with van der Waals surface area (Å²) < 4.78 is 0. The molecule has 0 bridgehead atoms. The Morgan fingerprint density at radius 3 is 2.67 bits per heavy atom. The summed E-state index contributed by atoms with van der Waals surface area (Å²) in [6.45, 7) is 4.03. The van der Waals surface area contributed by atoms with Crippen molar-refractivity contribution in [3.05, 3.63) is 57.1 Å². The second-order valence-corrected chi connectivity index (χ2v) is 4.55. The van der Waals surface area contributed by atoms with Gasteiger partial charge in [-0.15, -0.1) is 0 Å². The van der Waals surface area contributed by atoms with Gasteiger partial charge in [-0.2, -0.15) is 0 Å². The first kappa shape index (κ1) is 12.6. The third-order valence-corrected chi connectivity index (χ3v) is 3.08. The summed E-state index contributed by atoms with van der Waals surface area (Å²) in [5.74, 6) is 0.397. The maximum Gasteiger partial charge on any atom is 0.271 e. The summed E-state index contributed by atoms with van der Waals surface area (Å²) in [6.07, 6.45) is 1.33. The predicted octanol–water partition coefficient (Wildman–Crippen LogP) is 2.90. The molecule has 1 atom stereocenters. The average molecular weight is 264 g/mol. The maximum absolute atomic E-state index is 11.3. The fourth-order valence-corrected chi connectivity index (χ4v) is 1.79. The van der Waals surface area contributed by atoms with Crippen molar-refractivity contribution in [2.45, 2.75) is 19.9 Å². The number of aromatic nitrogens is 2. The monoisotopic (exact) mass is 263 g/mol. The van der Waals surface area contributed by atoms with Crippen molar-refractivity contribution in [2.75, 3.05) is 5.32 Å². The second kappa shape index (κ2) is 5.23. The van der Waals surface area contributed by atoms with E-state index in [1.807, 2.05) is 38.1 Å². The molecule has 0 aliphatic rings. The lowest BCUT2D eigenvalue weighted by atomic mass is 10.1. The Morgan fingerprint density at radius 1 is 1.33 bits per heavy atom. The molecular formula is C13H14ClN3O. The van der Waals surface area contributed by atoms with E-state index in [-0.39, 0.29) is 16.6 Å². The van der Waals surface area contributed by atoms with Crippen LogP contribution in [0.3, 0.4) is 0 Å². The van der Waals surface area contributed by atoms with Gasteiger partial charge in [0.15, 0.2) is 5.82 Å². The van der Waals surface area contributed by atoms with Gasteiger partial charge >= 0.3 is 0 Å². The van der Waals surface area contributed by atoms with Gasteiger partial charge in [0.25, 0.3) is 5.56 Å². The van der Waals surface area contributed by atoms with Gasteiger partial charge in [0.1, 0.15) is 5.02 Å². The van der Waals surface area contributed by atoms with Crippen LogP contribution < -0.4 is 10.9 Å². The molecule has 2 N–H and O–H groups in total. The van der Waals surface area contributed by atoms with E-state index in [4.69, 9.17) is 11.6 Å². The second-order valence-electron chi connectivity index (χ2n) is 4.17. The molecule has 0 aliphatic carbocycles. The number of H-pyrrole nitrogens is 1. The Morgan fingerprint density at radius 2 is 2.00 bits per heavy atom. The quantitative estimate of drug-likeness (QED) is 0.895. The van der Waals surface area contributed by atoms with E-state index in [9.17, 15) is 4.79 Å². The van der Waals surface area contributed by atoms with Crippen LogP contribution in [0, 0.1) is 6.92 Å². The van der Waals surface area contributed by atoms with Crippen LogP contribution in [0.5, 0.6) is 0 Å². The predicted molar refractivity (Wildman–Crippen MR) is 73.1 cm³/mol. The zero-order chi connectivity index (χ0) is 13.1. The van der Waals surface area contributed by atoms with E-state index in [1.165, 1.54) is 11.9 Å². The molecule has 0 saturated heterocycles. The number of hydrogen-bond donors (Lipinski definition) is 2. The third kappa shape index (κ3) is 2.71. The van der Waals surface area contributed by atoms with Crippen LogP contribution >= 0.6 is 11.6 Å². The van der Waals surface area contributed by atoms with Gasteiger partial charge < -0.3 is 10.3 Å². The van der Waals surface area contributed by atoms with Crippen molar-refractivity contribution in [3.63, 3.8) is 0 Å². The zero-order valence-corrected chi connectivity index (χ0v) is 11.0. The molecule has 5 heteroatoms. The fourth-order valence-electron chi connectivity index (χ4n) is 1.63. The lowest BCUT2D eigenvalue weighted by Crippen LogP contribution is -2.14. The van der Waals surface area contributed by atoms with Crippen molar-refractivity contribution >= 4 is 17.4 Å². The van der Waals surface area contributed by atoms with Gasteiger partial charge in [-0.25, -0.2) is 4.98 Å². The van der Waals surface area contributed by atoms with Gasteiger partial charge in [0.05, 0.1) is 6.33 Å². The highest BCUT2D eigenvalue weighted by atomic mass is 35.5. The highest BCUT2D eigenvalue weighted by molar-refractivity contribution is 6.32. The lowest BCUT2D eigenvalue weighted by Gasteiger charge is -2.15. The summed E-state index contributed by atoms with van der Waals surface area (Å²) in [4.78, 5) is 17.8. The average Bonchev–Trinajstić information content (AvgIpc) is 2.36. The molecule has 2 rings (SSSR count). The van der Waals surface area contributed by atoms with Crippen molar-refractivity contribution in [1.29, 1.82) is 0 Å². The fraction of sp³-hybridized carbons (Fsp3) is 0.231. The highest BCUT2D eigenvalue weighted by Crippen LogP contribution is 2.21. The molecule has 0 saturated carbocycles. The van der Waals surface area contributed by atoms with Gasteiger partial charge in [0, 0.05) is 6.04 Å². The first-order chi connectivity index (χ1) is 8.58. The van der Waals surface area contributed by atoms with Crippen LogP contribution in [0.25, 0.3) is 0 Å². The van der Waals surface area contributed by atoms with Crippen molar-refractivity contribution in [2.24, 2.45) is 0 Å². The van der Waals surface area contributed by atoms with Gasteiger partial charge in [0.2, 0.25) is 0 Å². The summed E-state index contributed by atoms with van der Waals surface area (Å²) >= 11 is 5.88. The van der Waals surface area contributed by atoms with Crippen LogP contribution in [0.2, 0.25) is 5.02 Å². The van der Waals surface area contributed by atoms with Gasteiger partial charge in [-0.1, -0.05) is 41.4 Å². The van der Waals surface area contributed by atoms with Gasteiger partial charge in [-0.05, 0) is 19.4 Å². The number of aryl methyl sites for hydroxylation is 1. The smallest absolute Gasteiger partial charge is 0.271 e. The van der Waals surface area contributed by atoms with E-state index in [0.29, 0.717) is 5.82 Å². The van der Waals surface area contributed by atoms with E-state index in [2.05, 4.69) is 15.3 Å². The Balaban J connectivity index is 2.21. The Labute approximate surface area is 110 Å². The molecule has 0 fully saturated rings. The van der Waals surface area contributed by atoms with Crippen LogP contribution in [0.1, 0.15) is 24.1 Å². The zero-order valence-electron chi connectivity index (χ0n) is 10.2. The SMILES string of the molecule is Cc1ccc(C(C)Nc2nc[nH]c(=O)c2Cl)cc1. The molecule has 0 spiro atoms. The lowest BCUT2D eigenvalue weighted by molar-refractivity contribution is 0.869. The van der Waals surface area contributed by atoms with E-state index >= 15 is 0 Å². The Hall–Kier alpha value is -1.81. The first-order valence-electron chi connectivity index (χ1n) is 5.64. The van der Waals surface area contributed by atoms with Crippen molar-refractivity contribution in [3.8, 4) is 0 Å². The van der Waals surface area contributed by atoms with Crippen molar-refractivity contribution < 1.29 is 0 Å². The number of nitrogens with zero attached hydrogens (tertiary/aromatic N) is 1. The molecule has 1 aromatic heterocycles. The molecule has 94 valence electrons. The Bertz CT molecular complexity index is 592. The number of anilines is 1. The molecule has 2 aromatic rings. The summed E-state index contributed by atoms with van der Waals surface area (Å²) in [5, 5.41) is 3.20. The molecule has 1 unspecified atom stereocenters. The van der Waals surface area contributed by atoms with Gasteiger partial charge in [-0.3, -0.25) is 4.79 Å². The van der Waals surface area contributed by atoms with E-state index < -0.39 is 0 Å². The largest absolute Gasteiger partial charge is 0.362 e. The van der Waals surface area contributed by atoms with Crippen molar-refractivity contribution in [1.82, 2.24) is 9.97 Å². The summed E-state index contributed by atoms with van der Waals surface area (Å²) in [7, 11) is 0. The first-order valence-corrected chi connectivity index (χ1v) is 6.02. The summed E-state index contributed by atoms with van der Waals surface area (Å²) in [5.41, 5.74) is 1.97. The van der Waals surface area contributed by atoms with Crippen LogP contribution in [0.15, 0.2) is 35.4 Å². The van der Waals surface area contributed by atoms with E-state index in [1.54, 1.807) is 0 Å². The standard InChI is InChI=1S/C13H14ClN3O/c1-8-3-5-10(6-4-8)9(2)17-12-11(14)13(18)16-7-15-12/h3-7,9H,1-2H3,(H2,15,16,17,18). The number of halogens is 1. The molecule has 1 heterocycles. The molecule has 18 heavy (non-hydrogen) atoms. The van der Waals surface area contributed by atoms with E-state index in [0.717, 1.165) is 5.56 Å². The normalized spacial score (nSPS) is 12.2. The highest BCUT2D eigenvalue weighted by Gasteiger charge is 2.10. The number of rotatable bonds is 3. The number of hydrogen-bond acceptors (Lipinski definition) is 3. The molecule has 4 nitrogen and oxygen atoms in total. The minimum Gasteiger partial charge on any atom is -0.362 e. The minimum atomic E-state index is -0.342. The summed E-state index contributed by atoms with van der Waals surface area (Å²) in [6, 6.07) is 8.18. The molecule has 0 radical (unpaired) electrons. The number of nitrogens with one attached hydrogen (secondary N) is 2. The minimum absolute atomic E-state index is 0.0254. The van der Waals surface area contributed by atoms with Crippen LogP contribution in [0.4, 0.5) is 5.82 Å². The number of benzene rings is 1. The third-order valence-electron chi connectivity index (χ3n) is 2.73. The maximum atomic E-state index is 11.3. The van der Waals surface area contributed by atoms with Crippen LogP contribution in [-0.4, -0.2) is 9.97 Å². The molecule has 1 aromatic carbocycles.